The first kappa shape index (κ1) is 19.0. The molecule has 2 heterocycles. The lowest BCUT2D eigenvalue weighted by Gasteiger charge is -2.14. The SMILES string of the molecule is COc1ccc(NC(=O)[C@H](C)Sc2ncnc3sc4c(c23)CCC4)cc1OC. The van der Waals surface area contributed by atoms with Crippen molar-refractivity contribution in [3.05, 3.63) is 35.0 Å². The van der Waals surface area contributed by atoms with Crippen LogP contribution in [0, 0.1) is 0 Å². The minimum atomic E-state index is -0.303. The number of aryl methyl sites for hydroxylation is 2. The molecule has 0 spiro atoms. The van der Waals surface area contributed by atoms with E-state index in [4.69, 9.17) is 9.47 Å². The van der Waals surface area contributed by atoms with E-state index in [1.54, 1.807) is 50.1 Å². The number of ether oxygens (including phenoxy) is 2. The molecule has 1 aromatic carbocycles. The highest BCUT2D eigenvalue weighted by atomic mass is 32.2. The summed E-state index contributed by atoms with van der Waals surface area (Å²) >= 11 is 3.23. The summed E-state index contributed by atoms with van der Waals surface area (Å²) in [4.78, 5) is 24.1. The fourth-order valence-electron chi connectivity index (χ4n) is 3.37. The van der Waals surface area contributed by atoms with Crippen LogP contribution in [0.2, 0.25) is 0 Å². The van der Waals surface area contributed by atoms with Gasteiger partial charge in [0.2, 0.25) is 5.91 Å². The maximum Gasteiger partial charge on any atom is 0.237 e. The van der Waals surface area contributed by atoms with Gasteiger partial charge in [-0.3, -0.25) is 4.79 Å². The Balaban J connectivity index is 1.52. The number of benzene rings is 1. The number of hydrogen-bond donors (Lipinski definition) is 1. The number of fused-ring (bicyclic) bond motifs is 3. The second kappa shape index (κ2) is 7.97. The van der Waals surface area contributed by atoms with Crippen LogP contribution in [0.25, 0.3) is 10.2 Å². The zero-order chi connectivity index (χ0) is 19.7. The molecular formula is C20H21N3O3S2. The fourth-order valence-corrected chi connectivity index (χ4v) is 5.61. The van der Waals surface area contributed by atoms with E-state index < -0.39 is 0 Å². The van der Waals surface area contributed by atoms with Crippen molar-refractivity contribution in [1.29, 1.82) is 0 Å². The van der Waals surface area contributed by atoms with Crippen LogP contribution in [0.5, 0.6) is 11.5 Å². The molecule has 28 heavy (non-hydrogen) atoms. The van der Waals surface area contributed by atoms with Crippen LogP contribution < -0.4 is 14.8 Å². The van der Waals surface area contributed by atoms with E-state index in [0.717, 1.165) is 28.1 Å². The summed E-state index contributed by atoms with van der Waals surface area (Å²) in [7, 11) is 3.15. The summed E-state index contributed by atoms with van der Waals surface area (Å²) in [6.45, 7) is 1.89. The molecular weight excluding hydrogens is 394 g/mol. The normalized spacial score (nSPS) is 14.0. The molecule has 0 radical (unpaired) electrons. The first-order valence-electron chi connectivity index (χ1n) is 9.05. The summed E-state index contributed by atoms with van der Waals surface area (Å²) in [6, 6.07) is 5.32. The van der Waals surface area contributed by atoms with Crippen molar-refractivity contribution in [3.63, 3.8) is 0 Å². The standard InChI is InChI=1S/C20H21N3O3S2/c1-11(18(24)23-12-7-8-14(25-2)15(9-12)26-3)27-19-17-13-5-4-6-16(13)28-20(17)22-10-21-19/h7-11H,4-6H2,1-3H3,(H,23,24)/t11-/m0/s1. The fraction of sp³-hybridized carbons (Fsp3) is 0.350. The Bertz CT molecular complexity index is 1030. The number of nitrogens with one attached hydrogen (secondary N) is 1. The van der Waals surface area contributed by atoms with Crippen molar-refractivity contribution in [3.8, 4) is 11.5 Å². The molecule has 146 valence electrons. The third kappa shape index (κ3) is 3.54. The van der Waals surface area contributed by atoms with Gasteiger partial charge in [0.25, 0.3) is 0 Å². The number of nitrogens with zero attached hydrogens (tertiary/aromatic N) is 2. The number of amides is 1. The van der Waals surface area contributed by atoms with Crippen LogP contribution in [-0.4, -0.2) is 35.3 Å². The van der Waals surface area contributed by atoms with E-state index in [1.165, 1.54) is 28.6 Å². The Labute approximate surface area is 171 Å². The van der Waals surface area contributed by atoms with E-state index >= 15 is 0 Å². The number of methoxy groups -OCH3 is 2. The van der Waals surface area contributed by atoms with Gasteiger partial charge in [-0.2, -0.15) is 0 Å². The lowest BCUT2D eigenvalue weighted by atomic mass is 10.2. The van der Waals surface area contributed by atoms with E-state index in [9.17, 15) is 4.79 Å². The van der Waals surface area contributed by atoms with Gasteiger partial charge in [-0.25, -0.2) is 9.97 Å². The molecule has 1 atom stereocenters. The van der Waals surface area contributed by atoms with Gasteiger partial charge in [0.15, 0.2) is 11.5 Å². The van der Waals surface area contributed by atoms with Crippen LogP contribution >= 0.6 is 23.1 Å². The van der Waals surface area contributed by atoms with Gasteiger partial charge >= 0.3 is 0 Å². The molecule has 0 saturated heterocycles. The zero-order valence-corrected chi connectivity index (χ0v) is 17.6. The zero-order valence-electron chi connectivity index (χ0n) is 15.9. The molecule has 0 bridgehead atoms. The van der Waals surface area contributed by atoms with Crippen molar-refractivity contribution in [2.45, 2.75) is 36.5 Å². The smallest absolute Gasteiger partial charge is 0.237 e. The molecule has 3 aromatic rings. The molecule has 0 aliphatic heterocycles. The summed E-state index contributed by atoms with van der Waals surface area (Å²) < 4.78 is 10.5. The van der Waals surface area contributed by atoms with E-state index in [2.05, 4.69) is 15.3 Å². The molecule has 0 fully saturated rings. The van der Waals surface area contributed by atoms with Crippen molar-refractivity contribution >= 4 is 44.9 Å². The summed E-state index contributed by atoms with van der Waals surface area (Å²) in [5.74, 6) is 1.11. The Kier molecular flexibility index (Phi) is 5.41. The number of hydrogen-bond acceptors (Lipinski definition) is 7. The average Bonchev–Trinajstić information content (AvgIpc) is 3.29. The Hall–Kier alpha value is -2.32. The van der Waals surface area contributed by atoms with Gasteiger partial charge in [-0.05, 0) is 43.9 Å². The predicted octanol–water partition coefficient (Wildman–Crippen LogP) is 4.32. The number of carbonyl (C=O) groups excluding carboxylic acids is 1. The maximum atomic E-state index is 12.7. The van der Waals surface area contributed by atoms with E-state index in [0.29, 0.717) is 17.2 Å². The molecule has 1 N–H and O–H groups in total. The van der Waals surface area contributed by atoms with Crippen molar-refractivity contribution in [2.24, 2.45) is 0 Å². The largest absolute Gasteiger partial charge is 0.493 e. The maximum absolute atomic E-state index is 12.7. The van der Waals surface area contributed by atoms with Gasteiger partial charge in [-0.15, -0.1) is 11.3 Å². The second-order valence-electron chi connectivity index (χ2n) is 6.54. The highest BCUT2D eigenvalue weighted by Gasteiger charge is 2.24. The monoisotopic (exact) mass is 415 g/mol. The number of thiophene rings is 1. The van der Waals surface area contributed by atoms with Crippen LogP contribution in [0.15, 0.2) is 29.6 Å². The minimum Gasteiger partial charge on any atom is -0.493 e. The van der Waals surface area contributed by atoms with Crippen LogP contribution in [0.4, 0.5) is 5.69 Å². The Morgan fingerprint density at radius 3 is 2.82 bits per heavy atom. The van der Waals surface area contributed by atoms with E-state index in [-0.39, 0.29) is 11.2 Å². The molecule has 0 saturated carbocycles. The van der Waals surface area contributed by atoms with Crippen molar-refractivity contribution in [2.75, 3.05) is 19.5 Å². The summed E-state index contributed by atoms with van der Waals surface area (Å²) in [5.41, 5.74) is 2.04. The molecule has 2 aromatic heterocycles. The molecule has 1 aliphatic carbocycles. The molecule has 4 rings (SSSR count). The van der Waals surface area contributed by atoms with E-state index in [1.807, 2.05) is 6.92 Å². The van der Waals surface area contributed by atoms with Gasteiger partial charge in [0.05, 0.1) is 19.5 Å². The third-order valence-electron chi connectivity index (χ3n) is 4.78. The van der Waals surface area contributed by atoms with Gasteiger partial charge < -0.3 is 14.8 Å². The number of anilines is 1. The number of rotatable bonds is 6. The molecule has 8 heteroatoms. The molecule has 1 aliphatic rings. The summed E-state index contributed by atoms with van der Waals surface area (Å²) in [6.07, 6.45) is 4.97. The first-order chi connectivity index (χ1) is 13.6. The van der Waals surface area contributed by atoms with Gasteiger partial charge in [0.1, 0.15) is 16.2 Å². The topological polar surface area (TPSA) is 73.3 Å². The van der Waals surface area contributed by atoms with Crippen molar-refractivity contribution in [1.82, 2.24) is 9.97 Å². The van der Waals surface area contributed by atoms with Crippen LogP contribution in [0.3, 0.4) is 0 Å². The lowest BCUT2D eigenvalue weighted by Crippen LogP contribution is -2.22. The average molecular weight is 416 g/mol. The summed E-state index contributed by atoms with van der Waals surface area (Å²) in [5, 5.41) is 4.67. The predicted molar refractivity (Wildman–Crippen MR) is 113 cm³/mol. The van der Waals surface area contributed by atoms with Gasteiger partial charge in [0, 0.05) is 22.0 Å². The molecule has 6 nitrogen and oxygen atoms in total. The number of thioether (sulfide) groups is 1. The van der Waals surface area contributed by atoms with Crippen molar-refractivity contribution < 1.29 is 14.3 Å². The highest BCUT2D eigenvalue weighted by molar-refractivity contribution is 8.00. The lowest BCUT2D eigenvalue weighted by molar-refractivity contribution is -0.115. The second-order valence-corrected chi connectivity index (χ2v) is 8.95. The molecule has 1 amide bonds. The Morgan fingerprint density at radius 1 is 1.21 bits per heavy atom. The number of carbonyl (C=O) groups is 1. The highest BCUT2D eigenvalue weighted by Crippen LogP contribution is 2.41. The molecule has 0 unspecified atom stereocenters. The van der Waals surface area contributed by atoms with Gasteiger partial charge in [-0.1, -0.05) is 11.8 Å². The van der Waals surface area contributed by atoms with Crippen LogP contribution in [-0.2, 0) is 17.6 Å². The Morgan fingerprint density at radius 2 is 2.04 bits per heavy atom. The number of aromatic nitrogens is 2. The first-order valence-corrected chi connectivity index (χ1v) is 10.7. The minimum absolute atomic E-state index is 0.0872. The van der Waals surface area contributed by atoms with Crippen LogP contribution in [0.1, 0.15) is 23.8 Å². The quantitative estimate of drug-likeness (QED) is 0.478. The third-order valence-corrected chi connectivity index (χ3v) is 7.08.